The van der Waals surface area contributed by atoms with E-state index in [1.807, 2.05) is 13.8 Å². The van der Waals surface area contributed by atoms with Crippen molar-refractivity contribution in [3.8, 4) is 0 Å². The van der Waals surface area contributed by atoms with Gasteiger partial charge in [-0.05, 0) is 44.4 Å². The summed E-state index contributed by atoms with van der Waals surface area (Å²) >= 11 is 0. The number of aliphatic hydroxyl groups is 1. The molecule has 110 valence electrons. The van der Waals surface area contributed by atoms with Crippen LogP contribution in [0.15, 0.2) is 0 Å². The number of piperidine rings is 1. The van der Waals surface area contributed by atoms with Crippen molar-refractivity contribution in [1.82, 2.24) is 10.6 Å². The van der Waals surface area contributed by atoms with Crippen LogP contribution in [0.25, 0.3) is 0 Å². The van der Waals surface area contributed by atoms with E-state index >= 15 is 0 Å². The van der Waals surface area contributed by atoms with E-state index in [2.05, 4.69) is 10.6 Å². The van der Waals surface area contributed by atoms with Gasteiger partial charge in [-0.3, -0.25) is 4.79 Å². The molecule has 2 unspecified atom stereocenters. The third kappa shape index (κ3) is 3.93. The third-order valence-electron chi connectivity index (χ3n) is 4.98. The van der Waals surface area contributed by atoms with E-state index in [-0.39, 0.29) is 5.91 Å². The molecule has 2 saturated heterocycles. The molecule has 0 aliphatic carbocycles. The highest BCUT2D eigenvalue weighted by Gasteiger charge is 2.34. The van der Waals surface area contributed by atoms with Gasteiger partial charge in [0.1, 0.15) is 0 Å². The topological polar surface area (TPSA) is 61.4 Å². The average molecular weight is 268 g/mol. The predicted molar refractivity (Wildman–Crippen MR) is 75.8 cm³/mol. The minimum atomic E-state index is -0.733. The molecule has 2 heterocycles. The smallest absolute Gasteiger partial charge is 0.220 e. The lowest BCUT2D eigenvalue weighted by Crippen LogP contribution is -2.44. The lowest BCUT2D eigenvalue weighted by molar-refractivity contribution is -0.123. The van der Waals surface area contributed by atoms with Crippen LogP contribution in [0, 0.1) is 5.92 Å². The largest absolute Gasteiger partial charge is 0.388 e. The predicted octanol–water partition coefficient (Wildman–Crippen LogP) is 1.57. The maximum atomic E-state index is 12.0. The van der Waals surface area contributed by atoms with Crippen molar-refractivity contribution in [2.24, 2.45) is 5.92 Å². The molecule has 0 aromatic carbocycles. The number of fused-ring (bicyclic) bond motifs is 2. The maximum Gasteiger partial charge on any atom is 0.220 e. The van der Waals surface area contributed by atoms with Crippen LogP contribution in [-0.2, 0) is 4.79 Å². The summed E-state index contributed by atoms with van der Waals surface area (Å²) in [6.45, 7) is 4.30. The van der Waals surface area contributed by atoms with Crippen molar-refractivity contribution >= 4 is 5.91 Å². The van der Waals surface area contributed by atoms with Crippen molar-refractivity contribution in [3.63, 3.8) is 0 Å². The van der Waals surface area contributed by atoms with Gasteiger partial charge in [0.05, 0.1) is 5.60 Å². The molecule has 2 bridgehead atoms. The Morgan fingerprint density at radius 3 is 2.37 bits per heavy atom. The standard InChI is InChI=1S/C15H28N2O2/c1-3-15(19,4-2)10-16-14(18)9-11-7-12-5-6-13(8-11)17-12/h11-13,17,19H,3-10H2,1-2H3,(H,16,18). The Balaban J connectivity index is 1.72. The molecular weight excluding hydrogens is 240 g/mol. The Bertz CT molecular complexity index is 303. The van der Waals surface area contributed by atoms with E-state index in [0.29, 0.717) is 43.8 Å². The number of nitrogens with one attached hydrogen (secondary N) is 2. The zero-order valence-electron chi connectivity index (χ0n) is 12.2. The van der Waals surface area contributed by atoms with E-state index in [9.17, 15) is 9.90 Å². The van der Waals surface area contributed by atoms with Gasteiger partial charge in [0, 0.05) is 25.0 Å². The van der Waals surface area contributed by atoms with Gasteiger partial charge in [0.25, 0.3) is 0 Å². The Morgan fingerprint density at radius 1 is 1.26 bits per heavy atom. The fraction of sp³-hybridized carbons (Fsp3) is 0.933. The van der Waals surface area contributed by atoms with Crippen LogP contribution in [0.5, 0.6) is 0 Å². The summed E-state index contributed by atoms with van der Waals surface area (Å²) in [7, 11) is 0. The number of hydrogen-bond acceptors (Lipinski definition) is 3. The minimum Gasteiger partial charge on any atom is -0.388 e. The number of hydrogen-bond donors (Lipinski definition) is 3. The lowest BCUT2D eigenvalue weighted by atomic mass is 9.89. The maximum absolute atomic E-state index is 12.0. The Kier molecular flexibility index (Phi) is 4.85. The molecule has 0 aromatic heterocycles. The Morgan fingerprint density at radius 2 is 1.84 bits per heavy atom. The molecule has 0 radical (unpaired) electrons. The average Bonchev–Trinajstić information content (AvgIpc) is 2.75. The monoisotopic (exact) mass is 268 g/mol. The van der Waals surface area contributed by atoms with Gasteiger partial charge < -0.3 is 15.7 Å². The Labute approximate surface area is 116 Å². The van der Waals surface area contributed by atoms with Crippen LogP contribution >= 0.6 is 0 Å². The molecule has 2 aliphatic heterocycles. The van der Waals surface area contributed by atoms with Gasteiger partial charge in [-0.1, -0.05) is 13.8 Å². The van der Waals surface area contributed by atoms with Crippen LogP contribution in [0.4, 0.5) is 0 Å². The van der Waals surface area contributed by atoms with Gasteiger partial charge in [0.15, 0.2) is 0 Å². The molecule has 4 nitrogen and oxygen atoms in total. The molecule has 4 heteroatoms. The summed E-state index contributed by atoms with van der Waals surface area (Å²) in [5, 5.41) is 16.7. The molecule has 2 rings (SSSR count). The van der Waals surface area contributed by atoms with Gasteiger partial charge in [-0.15, -0.1) is 0 Å². The summed E-state index contributed by atoms with van der Waals surface area (Å²) in [5.74, 6) is 0.627. The zero-order valence-corrected chi connectivity index (χ0v) is 12.2. The van der Waals surface area contributed by atoms with Crippen LogP contribution < -0.4 is 10.6 Å². The highest BCUT2D eigenvalue weighted by molar-refractivity contribution is 5.76. The molecule has 0 aromatic rings. The van der Waals surface area contributed by atoms with Crippen LogP contribution in [0.2, 0.25) is 0 Å². The van der Waals surface area contributed by atoms with Gasteiger partial charge >= 0.3 is 0 Å². The van der Waals surface area contributed by atoms with E-state index in [0.717, 1.165) is 12.8 Å². The fourth-order valence-electron chi connectivity index (χ4n) is 3.44. The zero-order chi connectivity index (χ0) is 13.9. The van der Waals surface area contributed by atoms with E-state index in [1.165, 1.54) is 12.8 Å². The lowest BCUT2D eigenvalue weighted by Gasteiger charge is -2.29. The SMILES string of the molecule is CCC(O)(CC)CNC(=O)CC1CC2CCC(C1)N2. The number of carbonyl (C=O) groups excluding carboxylic acids is 1. The van der Waals surface area contributed by atoms with Crippen LogP contribution in [-0.4, -0.2) is 35.2 Å². The normalized spacial score (nSPS) is 30.4. The van der Waals surface area contributed by atoms with E-state index in [1.54, 1.807) is 0 Å². The highest BCUT2D eigenvalue weighted by Crippen LogP contribution is 2.32. The van der Waals surface area contributed by atoms with Gasteiger partial charge in [-0.2, -0.15) is 0 Å². The number of rotatable bonds is 6. The summed E-state index contributed by atoms with van der Waals surface area (Å²) in [4.78, 5) is 12.0. The van der Waals surface area contributed by atoms with Crippen molar-refractivity contribution < 1.29 is 9.90 Å². The summed E-state index contributed by atoms with van der Waals surface area (Å²) in [6.07, 6.45) is 6.80. The summed E-state index contributed by atoms with van der Waals surface area (Å²) in [5.41, 5.74) is -0.733. The molecule has 2 fully saturated rings. The Hall–Kier alpha value is -0.610. The molecule has 3 N–H and O–H groups in total. The van der Waals surface area contributed by atoms with Crippen LogP contribution in [0.1, 0.15) is 58.8 Å². The van der Waals surface area contributed by atoms with E-state index < -0.39 is 5.60 Å². The molecule has 19 heavy (non-hydrogen) atoms. The molecule has 2 aliphatic rings. The molecule has 0 saturated carbocycles. The van der Waals surface area contributed by atoms with Crippen molar-refractivity contribution in [1.29, 1.82) is 0 Å². The second-order valence-corrected chi connectivity index (χ2v) is 6.39. The van der Waals surface area contributed by atoms with Crippen LogP contribution in [0.3, 0.4) is 0 Å². The third-order valence-corrected chi connectivity index (χ3v) is 4.98. The van der Waals surface area contributed by atoms with E-state index in [4.69, 9.17) is 0 Å². The highest BCUT2D eigenvalue weighted by atomic mass is 16.3. The van der Waals surface area contributed by atoms with Gasteiger partial charge in [0.2, 0.25) is 5.91 Å². The number of amides is 1. The summed E-state index contributed by atoms with van der Waals surface area (Å²) < 4.78 is 0. The van der Waals surface area contributed by atoms with Crippen molar-refractivity contribution in [3.05, 3.63) is 0 Å². The van der Waals surface area contributed by atoms with Crippen molar-refractivity contribution in [2.45, 2.75) is 76.5 Å². The quantitative estimate of drug-likeness (QED) is 0.685. The first-order chi connectivity index (χ1) is 9.04. The first-order valence-electron chi connectivity index (χ1n) is 7.79. The fourth-order valence-corrected chi connectivity index (χ4v) is 3.44. The second-order valence-electron chi connectivity index (χ2n) is 6.39. The first-order valence-corrected chi connectivity index (χ1v) is 7.79. The number of carbonyl (C=O) groups is 1. The molecule has 0 spiro atoms. The first kappa shape index (κ1) is 14.8. The molecule has 1 amide bonds. The minimum absolute atomic E-state index is 0.103. The van der Waals surface area contributed by atoms with Gasteiger partial charge in [-0.25, -0.2) is 0 Å². The molecule has 2 atom stereocenters. The van der Waals surface area contributed by atoms with Crippen molar-refractivity contribution in [2.75, 3.05) is 6.54 Å². The second kappa shape index (κ2) is 6.23. The summed E-state index contributed by atoms with van der Waals surface area (Å²) in [6, 6.07) is 1.28. The molecular formula is C15H28N2O2.